The van der Waals surface area contributed by atoms with E-state index in [1.54, 1.807) is 0 Å². The quantitative estimate of drug-likeness (QED) is 0.876. The van der Waals surface area contributed by atoms with Crippen molar-refractivity contribution in [2.45, 2.75) is 25.8 Å². The first-order valence-electron chi connectivity index (χ1n) is 5.95. The van der Waals surface area contributed by atoms with Gasteiger partial charge < -0.3 is 10.2 Å². The normalized spacial score (nSPS) is 18.3. The SMILES string of the molecule is CC(CN1CCCC1)Nc1ncc(F)cc1F. The Bertz CT molecular complexity index is 378. The lowest BCUT2D eigenvalue weighted by molar-refractivity contribution is 0.327. The van der Waals surface area contributed by atoms with Crippen LogP contribution in [0.1, 0.15) is 19.8 Å². The monoisotopic (exact) mass is 241 g/mol. The number of anilines is 1. The number of nitrogens with one attached hydrogen (secondary N) is 1. The number of aromatic nitrogens is 1. The van der Waals surface area contributed by atoms with Gasteiger partial charge in [0.2, 0.25) is 0 Å². The second-order valence-corrected chi connectivity index (χ2v) is 4.54. The van der Waals surface area contributed by atoms with E-state index < -0.39 is 11.6 Å². The highest BCUT2D eigenvalue weighted by Gasteiger charge is 2.15. The summed E-state index contributed by atoms with van der Waals surface area (Å²) in [4.78, 5) is 6.05. The minimum absolute atomic E-state index is 0.0977. The Morgan fingerprint density at radius 1 is 1.41 bits per heavy atom. The molecular formula is C12H17F2N3. The molecule has 0 radical (unpaired) electrons. The largest absolute Gasteiger partial charge is 0.364 e. The van der Waals surface area contributed by atoms with Crippen molar-refractivity contribution in [2.75, 3.05) is 25.0 Å². The first-order chi connectivity index (χ1) is 8.15. The van der Waals surface area contributed by atoms with Crippen LogP contribution in [0.25, 0.3) is 0 Å². The number of nitrogens with zero attached hydrogens (tertiary/aromatic N) is 2. The van der Waals surface area contributed by atoms with Gasteiger partial charge in [-0.1, -0.05) is 0 Å². The summed E-state index contributed by atoms with van der Waals surface area (Å²) in [5.74, 6) is -1.17. The number of pyridine rings is 1. The zero-order chi connectivity index (χ0) is 12.3. The van der Waals surface area contributed by atoms with Crippen LogP contribution >= 0.6 is 0 Å². The summed E-state index contributed by atoms with van der Waals surface area (Å²) in [6.07, 6.45) is 3.49. The van der Waals surface area contributed by atoms with Crippen LogP contribution in [0.2, 0.25) is 0 Å². The van der Waals surface area contributed by atoms with Crippen molar-refractivity contribution in [2.24, 2.45) is 0 Å². The van der Waals surface area contributed by atoms with E-state index in [0.29, 0.717) is 0 Å². The molecule has 1 aromatic heterocycles. The van der Waals surface area contributed by atoms with Crippen LogP contribution < -0.4 is 5.32 Å². The summed E-state index contributed by atoms with van der Waals surface area (Å²) < 4.78 is 26.0. The van der Waals surface area contributed by atoms with E-state index in [1.807, 2.05) is 6.92 Å². The summed E-state index contributed by atoms with van der Waals surface area (Å²) in [6.45, 7) is 5.04. The van der Waals surface area contributed by atoms with Gasteiger partial charge in [0.05, 0.1) is 6.20 Å². The molecule has 3 nitrogen and oxygen atoms in total. The summed E-state index contributed by atoms with van der Waals surface area (Å²) >= 11 is 0. The molecule has 0 amide bonds. The fourth-order valence-corrected chi connectivity index (χ4v) is 2.15. The smallest absolute Gasteiger partial charge is 0.168 e. The number of hydrogen-bond donors (Lipinski definition) is 1. The van der Waals surface area contributed by atoms with Crippen LogP contribution in [0.4, 0.5) is 14.6 Å². The average molecular weight is 241 g/mol. The fraction of sp³-hybridized carbons (Fsp3) is 0.583. The van der Waals surface area contributed by atoms with E-state index in [2.05, 4.69) is 15.2 Å². The van der Waals surface area contributed by atoms with Crippen LogP contribution in [0.5, 0.6) is 0 Å². The van der Waals surface area contributed by atoms with Gasteiger partial charge in [0.25, 0.3) is 0 Å². The molecule has 1 aliphatic heterocycles. The first kappa shape index (κ1) is 12.2. The topological polar surface area (TPSA) is 28.2 Å². The molecule has 0 aromatic carbocycles. The molecule has 2 rings (SSSR count). The Balaban J connectivity index is 1.90. The third-order valence-corrected chi connectivity index (χ3v) is 2.92. The van der Waals surface area contributed by atoms with E-state index in [-0.39, 0.29) is 11.9 Å². The van der Waals surface area contributed by atoms with E-state index in [0.717, 1.165) is 31.9 Å². The highest BCUT2D eigenvalue weighted by Crippen LogP contribution is 2.14. The molecule has 1 saturated heterocycles. The molecule has 0 bridgehead atoms. The Labute approximate surface area is 99.8 Å². The predicted octanol–water partition coefficient (Wildman–Crippen LogP) is 2.26. The van der Waals surface area contributed by atoms with Gasteiger partial charge in [0, 0.05) is 18.7 Å². The average Bonchev–Trinajstić information content (AvgIpc) is 2.75. The van der Waals surface area contributed by atoms with Gasteiger partial charge in [-0.05, 0) is 32.9 Å². The Morgan fingerprint density at radius 2 is 2.12 bits per heavy atom. The lowest BCUT2D eigenvalue weighted by Gasteiger charge is -2.21. The van der Waals surface area contributed by atoms with Gasteiger partial charge in [-0.2, -0.15) is 0 Å². The van der Waals surface area contributed by atoms with Gasteiger partial charge in [-0.25, -0.2) is 13.8 Å². The van der Waals surface area contributed by atoms with Gasteiger partial charge >= 0.3 is 0 Å². The molecule has 1 N–H and O–H groups in total. The lowest BCUT2D eigenvalue weighted by atomic mass is 10.3. The highest BCUT2D eigenvalue weighted by atomic mass is 19.1. The lowest BCUT2D eigenvalue weighted by Crippen LogP contribution is -2.33. The van der Waals surface area contributed by atoms with Gasteiger partial charge in [0.15, 0.2) is 11.6 Å². The van der Waals surface area contributed by atoms with Crippen molar-refractivity contribution < 1.29 is 8.78 Å². The van der Waals surface area contributed by atoms with Crippen molar-refractivity contribution in [3.05, 3.63) is 23.9 Å². The Kier molecular flexibility index (Phi) is 3.89. The van der Waals surface area contributed by atoms with Gasteiger partial charge in [-0.15, -0.1) is 0 Å². The zero-order valence-corrected chi connectivity index (χ0v) is 9.92. The first-order valence-corrected chi connectivity index (χ1v) is 5.95. The second kappa shape index (κ2) is 5.40. The molecule has 5 heteroatoms. The maximum atomic E-state index is 13.3. The number of hydrogen-bond acceptors (Lipinski definition) is 3. The molecule has 0 saturated carbocycles. The Hall–Kier alpha value is -1.23. The molecular weight excluding hydrogens is 224 g/mol. The summed E-state index contributed by atoms with van der Waals surface area (Å²) in [5, 5.41) is 2.97. The summed E-state index contributed by atoms with van der Waals surface area (Å²) in [7, 11) is 0. The number of likely N-dealkylation sites (tertiary alicyclic amines) is 1. The van der Waals surface area contributed by atoms with Crippen LogP contribution in [-0.2, 0) is 0 Å². The zero-order valence-electron chi connectivity index (χ0n) is 9.92. The number of rotatable bonds is 4. The maximum absolute atomic E-state index is 13.3. The van der Waals surface area contributed by atoms with E-state index in [9.17, 15) is 8.78 Å². The molecule has 94 valence electrons. The van der Waals surface area contributed by atoms with E-state index in [4.69, 9.17) is 0 Å². The van der Waals surface area contributed by atoms with Crippen molar-refractivity contribution in [1.29, 1.82) is 0 Å². The van der Waals surface area contributed by atoms with Crippen LogP contribution in [0.15, 0.2) is 12.3 Å². The molecule has 2 heterocycles. The molecule has 0 aliphatic carbocycles. The van der Waals surface area contributed by atoms with Gasteiger partial charge in [0.1, 0.15) is 5.82 Å². The molecule has 1 unspecified atom stereocenters. The standard InChI is InChI=1S/C12H17F2N3/c1-9(8-17-4-2-3-5-17)16-12-11(14)6-10(13)7-15-12/h6-7,9H,2-5,8H2,1H3,(H,15,16). The molecule has 1 atom stereocenters. The minimum atomic E-state index is -0.653. The molecule has 17 heavy (non-hydrogen) atoms. The van der Waals surface area contributed by atoms with E-state index in [1.165, 1.54) is 12.8 Å². The van der Waals surface area contributed by atoms with E-state index >= 15 is 0 Å². The Morgan fingerprint density at radius 3 is 2.76 bits per heavy atom. The van der Waals surface area contributed by atoms with Crippen molar-refractivity contribution in [3.63, 3.8) is 0 Å². The predicted molar refractivity (Wildman–Crippen MR) is 62.9 cm³/mol. The van der Waals surface area contributed by atoms with Gasteiger partial charge in [-0.3, -0.25) is 0 Å². The van der Waals surface area contributed by atoms with Crippen molar-refractivity contribution in [1.82, 2.24) is 9.88 Å². The molecule has 1 aliphatic rings. The summed E-state index contributed by atoms with van der Waals surface area (Å²) in [5.41, 5.74) is 0. The third kappa shape index (κ3) is 3.36. The van der Waals surface area contributed by atoms with Crippen LogP contribution in [-0.4, -0.2) is 35.6 Å². The molecule has 1 aromatic rings. The van der Waals surface area contributed by atoms with Crippen LogP contribution in [0, 0.1) is 11.6 Å². The molecule has 0 spiro atoms. The minimum Gasteiger partial charge on any atom is -0.364 e. The maximum Gasteiger partial charge on any atom is 0.168 e. The summed E-state index contributed by atoms with van der Waals surface area (Å²) in [6, 6.07) is 0.943. The second-order valence-electron chi connectivity index (χ2n) is 4.54. The fourth-order valence-electron chi connectivity index (χ4n) is 2.15. The highest BCUT2D eigenvalue weighted by molar-refractivity contribution is 5.36. The molecule has 1 fully saturated rings. The number of halogens is 2. The van der Waals surface area contributed by atoms with Crippen molar-refractivity contribution >= 4 is 5.82 Å². The van der Waals surface area contributed by atoms with Crippen molar-refractivity contribution in [3.8, 4) is 0 Å². The third-order valence-electron chi connectivity index (χ3n) is 2.92. The van der Waals surface area contributed by atoms with Crippen LogP contribution in [0.3, 0.4) is 0 Å².